The molecule has 2 heterocycles. The van der Waals surface area contributed by atoms with Crippen molar-refractivity contribution < 1.29 is 1.43 Å². The maximum Gasteiger partial charge on any atom is 0.0487 e. The number of nitrogens with one attached hydrogen (secondary N) is 1. The van der Waals surface area contributed by atoms with Crippen LogP contribution in [-0.4, -0.2) is 9.97 Å². The highest BCUT2D eigenvalue weighted by molar-refractivity contribution is 5.79. The molecule has 12 heavy (non-hydrogen) atoms. The topological polar surface area (TPSA) is 28.7 Å². The first-order valence-corrected chi connectivity index (χ1v) is 4.20. The van der Waals surface area contributed by atoms with E-state index in [1.165, 1.54) is 16.6 Å². The molecule has 0 amide bonds. The molecule has 2 nitrogen and oxygen atoms in total. The van der Waals surface area contributed by atoms with Crippen molar-refractivity contribution >= 4 is 10.9 Å². The predicted molar refractivity (Wildman–Crippen MR) is 52.3 cm³/mol. The number of nitrogens with zero attached hydrogens (tertiary/aromatic N) is 1. The van der Waals surface area contributed by atoms with Crippen LogP contribution in [0.2, 0.25) is 0 Å². The standard InChI is InChI=1S/C10H12N2.H2/c1-7(2)10-5-8-6-11-4-3-9(8)12-10;/h3-7,12H,1-2H3;1H. The van der Waals surface area contributed by atoms with Crippen LogP contribution in [0, 0.1) is 0 Å². The Morgan fingerprint density at radius 3 is 3.00 bits per heavy atom. The van der Waals surface area contributed by atoms with Crippen LogP contribution in [0.4, 0.5) is 0 Å². The molecular weight excluding hydrogens is 148 g/mol. The Morgan fingerprint density at radius 2 is 2.33 bits per heavy atom. The molecule has 2 rings (SSSR count). The van der Waals surface area contributed by atoms with Gasteiger partial charge in [-0.2, -0.15) is 0 Å². The minimum Gasteiger partial charge on any atom is -0.358 e. The molecule has 64 valence electrons. The number of aromatic nitrogens is 2. The molecule has 0 aromatic carbocycles. The SMILES string of the molecule is CC(C)c1cc2cnccc2[nH]1.[HH]. The number of aromatic amines is 1. The summed E-state index contributed by atoms with van der Waals surface area (Å²) in [6.07, 6.45) is 3.70. The van der Waals surface area contributed by atoms with E-state index in [2.05, 4.69) is 29.9 Å². The molecule has 0 aliphatic heterocycles. The molecule has 2 heteroatoms. The number of hydrogen-bond acceptors (Lipinski definition) is 1. The maximum absolute atomic E-state index is 4.07. The van der Waals surface area contributed by atoms with Crippen LogP contribution in [0.3, 0.4) is 0 Å². The van der Waals surface area contributed by atoms with Gasteiger partial charge in [0.1, 0.15) is 0 Å². The zero-order valence-electron chi connectivity index (χ0n) is 7.33. The first kappa shape index (κ1) is 7.35. The first-order chi connectivity index (χ1) is 5.77. The highest BCUT2D eigenvalue weighted by Crippen LogP contribution is 2.19. The summed E-state index contributed by atoms with van der Waals surface area (Å²) in [5.41, 5.74) is 2.45. The number of rotatable bonds is 1. The molecule has 0 saturated carbocycles. The second kappa shape index (κ2) is 2.63. The lowest BCUT2D eigenvalue weighted by Crippen LogP contribution is -1.84. The quantitative estimate of drug-likeness (QED) is 0.686. The highest BCUT2D eigenvalue weighted by atomic mass is 14.7. The van der Waals surface area contributed by atoms with E-state index in [4.69, 9.17) is 0 Å². The third kappa shape index (κ3) is 1.09. The molecule has 0 saturated heterocycles. The zero-order valence-corrected chi connectivity index (χ0v) is 7.33. The summed E-state index contributed by atoms with van der Waals surface area (Å²) in [7, 11) is 0. The van der Waals surface area contributed by atoms with Gasteiger partial charge in [-0.1, -0.05) is 13.8 Å². The van der Waals surface area contributed by atoms with Crippen LogP contribution >= 0.6 is 0 Å². The Labute approximate surface area is 73.1 Å². The van der Waals surface area contributed by atoms with Crippen LogP contribution in [0.15, 0.2) is 24.5 Å². The van der Waals surface area contributed by atoms with Crippen molar-refractivity contribution in [3.05, 3.63) is 30.2 Å². The lowest BCUT2D eigenvalue weighted by atomic mass is 10.1. The Hall–Kier alpha value is -1.31. The molecular formula is C10H14N2. The van der Waals surface area contributed by atoms with Gasteiger partial charge in [-0.15, -0.1) is 0 Å². The normalized spacial score (nSPS) is 11.2. The van der Waals surface area contributed by atoms with Crippen molar-refractivity contribution in [3.63, 3.8) is 0 Å². The molecule has 2 aromatic rings. The summed E-state index contributed by atoms with van der Waals surface area (Å²) in [4.78, 5) is 7.42. The van der Waals surface area contributed by atoms with Crippen molar-refractivity contribution in [1.82, 2.24) is 9.97 Å². The monoisotopic (exact) mass is 162 g/mol. The lowest BCUT2D eigenvalue weighted by molar-refractivity contribution is 0.836. The first-order valence-electron chi connectivity index (χ1n) is 4.20. The molecule has 2 aromatic heterocycles. The largest absolute Gasteiger partial charge is 0.358 e. The average Bonchev–Trinajstić information content (AvgIpc) is 2.46. The Kier molecular flexibility index (Phi) is 1.61. The molecule has 0 aliphatic carbocycles. The maximum atomic E-state index is 4.07. The van der Waals surface area contributed by atoms with Gasteiger partial charge in [0, 0.05) is 30.4 Å². The van der Waals surface area contributed by atoms with Gasteiger partial charge in [-0.3, -0.25) is 4.98 Å². The van der Waals surface area contributed by atoms with E-state index in [-0.39, 0.29) is 1.43 Å². The second-order valence-electron chi connectivity index (χ2n) is 3.34. The molecule has 0 bridgehead atoms. The summed E-state index contributed by atoms with van der Waals surface area (Å²) in [5.74, 6) is 0.553. The average molecular weight is 162 g/mol. The zero-order chi connectivity index (χ0) is 8.55. The number of pyridine rings is 1. The fourth-order valence-corrected chi connectivity index (χ4v) is 1.31. The van der Waals surface area contributed by atoms with Crippen molar-refractivity contribution in [2.24, 2.45) is 0 Å². The summed E-state index contributed by atoms with van der Waals surface area (Å²) in [6.45, 7) is 4.36. The summed E-state index contributed by atoms with van der Waals surface area (Å²) < 4.78 is 0. The van der Waals surface area contributed by atoms with Gasteiger partial charge >= 0.3 is 0 Å². The van der Waals surface area contributed by atoms with Gasteiger partial charge in [0.25, 0.3) is 0 Å². The molecule has 0 fully saturated rings. The smallest absolute Gasteiger partial charge is 0.0487 e. The molecule has 0 aliphatic rings. The lowest BCUT2D eigenvalue weighted by Gasteiger charge is -1.97. The fourth-order valence-electron chi connectivity index (χ4n) is 1.31. The van der Waals surface area contributed by atoms with Gasteiger partial charge in [0.15, 0.2) is 0 Å². The van der Waals surface area contributed by atoms with Crippen molar-refractivity contribution in [2.75, 3.05) is 0 Å². The van der Waals surface area contributed by atoms with E-state index < -0.39 is 0 Å². The van der Waals surface area contributed by atoms with E-state index >= 15 is 0 Å². The minimum absolute atomic E-state index is 0. The number of hydrogen-bond donors (Lipinski definition) is 1. The third-order valence-corrected chi connectivity index (χ3v) is 2.06. The van der Waals surface area contributed by atoms with Gasteiger partial charge in [0.2, 0.25) is 0 Å². The van der Waals surface area contributed by atoms with Gasteiger partial charge in [0.05, 0.1) is 0 Å². The Bertz CT molecular complexity index is 359. The van der Waals surface area contributed by atoms with Crippen LogP contribution < -0.4 is 0 Å². The summed E-state index contributed by atoms with van der Waals surface area (Å²) in [6, 6.07) is 4.16. The Morgan fingerprint density at radius 1 is 1.50 bits per heavy atom. The minimum atomic E-state index is 0. The highest BCUT2D eigenvalue weighted by Gasteiger charge is 2.02. The molecule has 0 radical (unpaired) electrons. The number of H-pyrrole nitrogens is 1. The number of fused-ring (bicyclic) bond motifs is 1. The van der Waals surface area contributed by atoms with Crippen LogP contribution in [-0.2, 0) is 0 Å². The molecule has 0 atom stereocenters. The van der Waals surface area contributed by atoms with E-state index in [0.29, 0.717) is 5.92 Å². The van der Waals surface area contributed by atoms with Gasteiger partial charge < -0.3 is 4.98 Å². The van der Waals surface area contributed by atoms with Crippen molar-refractivity contribution in [1.29, 1.82) is 0 Å². The van der Waals surface area contributed by atoms with E-state index in [0.717, 1.165) is 0 Å². The fraction of sp³-hybridized carbons (Fsp3) is 0.300. The van der Waals surface area contributed by atoms with Gasteiger partial charge in [-0.05, 0) is 18.1 Å². The Balaban J connectivity index is 0.000000845. The summed E-state index contributed by atoms with van der Waals surface area (Å²) in [5, 5.41) is 1.20. The van der Waals surface area contributed by atoms with E-state index in [9.17, 15) is 0 Å². The predicted octanol–water partition coefficient (Wildman–Crippen LogP) is 2.93. The van der Waals surface area contributed by atoms with E-state index in [1.807, 2.05) is 18.5 Å². The van der Waals surface area contributed by atoms with E-state index in [1.54, 1.807) is 0 Å². The van der Waals surface area contributed by atoms with Crippen LogP contribution in [0.5, 0.6) is 0 Å². The molecule has 1 N–H and O–H groups in total. The molecule has 0 unspecified atom stereocenters. The second-order valence-corrected chi connectivity index (χ2v) is 3.34. The molecule has 0 spiro atoms. The van der Waals surface area contributed by atoms with Crippen LogP contribution in [0.1, 0.15) is 26.9 Å². The van der Waals surface area contributed by atoms with Crippen molar-refractivity contribution in [2.45, 2.75) is 19.8 Å². The third-order valence-electron chi connectivity index (χ3n) is 2.06. The van der Waals surface area contributed by atoms with Crippen molar-refractivity contribution in [3.8, 4) is 0 Å². The van der Waals surface area contributed by atoms with Crippen LogP contribution in [0.25, 0.3) is 10.9 Å². The van der Waals surface area contributed by atoms with Gasteiger partial charge in [-0.25, -0.2) is 0 Å². The summed E-state index contributed by atoms with van der Waals surface area (Å²) >= 11 is 0.